The van der Waals surface area contributed by atoms with Crippen LogP contribution in [0.1, 0.15) is 15.9 Å². The number of halogens is 1. The van der Waals surface area contributed by atoms with Crippen LogP contribution >= 0.6 is 11.6 Å². The number of nitrogens with one attached hydrogen (secondary N) is 2. The van der Waals surface area contributed by atoms with E-state index in [9.17, 15) is 4.79 Å². The molecule has 0 radical (unpaired) electrons. The highest BCUT2D eigenvalue weighted by Crippen LogP contribution is 2.23. The molecule has 4 nitrogen and oxygen atoms in total. The van der Waals surface area contributed by atoms with Crippen LogP contribution in [-0.2, 0) is 0 Å². The van der Waals surface area contributed by atoms with E-state index in [2.05, 4.69) is 10.3 Å². The molecule has 2 aromatic carbocycles. The van der Waals surface area contributed by atoms with Crippen molar-refractivity contribution < 1.29 is 4.79 Å². The number of rotatable bonds is 2. The summed E-state index contributed by atoms with van der Waals surface area (Å²) in [4.78, 5) is 15.4. The molecule has 0 bridgehead atoms. The van der Waals surface area contributed by atoms with E-state index in [-0.39, 0.29) is 5.91 Å². The van der Waals surface area contributed by atoms with Crippen molar-refractivity contribution in [3.63, 3.8) is 0 Å². The predicted octanol–water partition coefficient (Wildman–Crippen LogP) is 3.95. The molecule has 0 aliphatic rings. The topological polar surface area (TPSA) is 68.7 Å². The van der Waals surface area contributed by atoms with Crippen molar-refractivity contribution in [2.24, 2.45) is 0 Å². The molecule has 3 rings (SSSR count). The number of amides is 1. The lowest BCUT2D eigenvalue weighted by atomic mass is 10.1. The van der Waals surface area contributed by atoms with Crippen LogP contribution in [0, 0.1) is 11.3 Å². The Labute approximate surface area is 126 Å². The Hall–Kier alpha value is -2.77. The van der Waals surface area contributed by atoms with Crippen molar-refractivity contribution in [2.45, 2.75) is 0 Å². The largest absolute Gasteiger partial charge is 0.360 e. The molecule has 0 fully saturated rings. The summed E-state index contributed by atoms with van der Waals surface area (Å²) in [6.45, 7) is 0. The van der Waals surface area contributed by atoms with Gasteiger partial charge in [-0.2, -0.15) is 5.26 Å². The minimum atomic E-state index is -0.228. The number of fused-ring (bicyclic) bond motifs is 1. The fraction of sp³-hybridized carbons (Fsp3) is 0. The second kappa shape index (κ2) is 5.31. The van der Waals surface area contributed by atoms with Gasteiger partial charge in [-0.15, -0.1) is 0 Å². The lowest BCUT2D eigenvalue weighted by Gasteiger charge is -2.04. The number of benzene rings is 2. The lowest BCUT2D eigenvalue weighted by molar-refractivity contribution is 0.102. The number of hydrogen-bond acceptors (Lipinski definition) is 2. The minimum absolute atomic E-state index is 0.228. The Bertz CT molecular complexity index is 859. The van der Waals surface area contributed by atoms with Crippen LogP contribution in [0.5, 0.6) is 0 Å². The molecule has 0 aliphatic carbocycles. The third kappa shape index (κ3) is 2.60. The summed E-state index contributed by atoms with van der Waals surface area (Å²) in [6, 6.07) is 14.1. The van der Waals surface area contributed by atoms with E-state index in [1.54, 1.807) is 42.6 Å². The summed E-state index contributed by atoms with van der Waals surface area (Å²) in [6.07, 6.45) is 1.65. The first kappa shape index (κ1) is 13.2. The molecule has 1 heterocycles. The maximum absolute atomic E-state index is 12.3. The normalized spacial score (nSPS) is 10.3. The number of aromatic amines is 1. The predicted molar refractivity (Wildman–Crippen MR) is 82.4 cm³/mol. The van der Waals surface area contributed by atoms with Gasteiger partial charge in [-0.05, 0) is 42.5 Å². The first-order valence-corrected chi connectivity index (χ1v) is 6.63. The molecule has 0 spiro atoms. The molecule has 0 saturated carbocycles. The second-order valence-corrected chi connectivity index (χ2v) is 4.97. The third-order valence-corrected chi connectivity index (χ3v) is 3.40. The zero-order valence-corrected chi connectivity index (χ0v) is 11.6. The Morgan fingerprint density at radius 2 is 1.95 bits per heavy atom. The SMILES string of the molecule is N#Cc1ccc(NC(=O)c2c[nH]c3ccc(Cl)cc23)cc1. The highest BCUT2D eigenvalue weighted by molar-refractivity contribution is 6.31. The van der Waals surface area contributed by atoms with E-state index in [4.69, 9.17) is 16.9 Å². The van der Waals surface area contributed by atoms with E-state index >= 15 is 0 Å². The van der Waals surface area contributed by atoms with Crippen molar-refractivity contribution in [2.75, 3.05) is 5.32 Å². The van der Waals surface area contributed by atoms with E-state index in [1.807, 2.05) is 12.1 Å². The Kier molecular flexibility index (Phi) is 3.35. The molecule has 3 aromatic rings. The second-order valence-electron chi connectivity index (χ2n) is 4.54. The van der Waals surface area contributed by atoms with Gasteiger partial charge in [0.2, 0.25) is 0 Å². The number of nitrogens with zero attached hydrogens (tertiary/aromatic N) is 1. The highest BCUT2D eigenvalue weighted by atomic mass is 35.5. The number of aromatic nitrogens is 1. The molecule has 0 unspecified atom stereocenters. The number of carbonyl (C=O) groups is 1. The summed E-state index contributed by atoms with van der Waals surface area (Å²) in [7, 11) is 0. The van der Waals surface area contributed by atoms with Crippen molar-refractivity contribution in [3.8, 4) is 6.07 Å². The van der Waals surface area contributed by atoms with Gasteiger partial charge in [-0.3, -0.25) is 4.79 Å². The maximum atomic E-state index is 12.3. The van der Waals surface area contributed by atoms with Crippen LogP contribution in [0.15, 0.2) is 48.7 Å². The summed E-state index contributed by atoms with van der Waals surface area (Å²) in [5.41, 5.74) is 2.56. The first-order chi connectivity index (χ1) is 10.2. The minimum Gasteiger partial charge on any atom is -0.360 e. The standard InChI is InChI=1S/C16H10ClN3O/c17-11-3-6-15-13(7-11)14(9-19-15)16(21)20-12-4-1-10(8-18)2-5-12/h1-7,9,19H,(H,20,21). The van der Waals surface area contributed by atoms with Crippen LogP contribution in [0.2, 0.25) is 5.02 Å². The monoisotopic (exact) mass is 295 g/mol. The molecule has 1 aromatic heterocycles. The number of carbonyl (C=O) groups excluding carboxylic acids is 1. The van der Waals surface area contributed by atoms with Crippen molar-refractivity contribution in [1.29, 1.82) is 5.26 Å². The average Bonchev–Trinajstić information content (AvgIpc) is 2.91. The van der Waals surface area contributed by atoms with Gasteiger partial charge in [0.1, 0.15) is 0 Å². The molecular weight excluding hydrogens is 286 g/mol. The van der Waals surface area contributed by atoms with Crippen LogP contribution in [0.4, 0.5) is 5.69 Å². The van der Waals surface area contributed by atoms with Gasteiger partial charge in [-0.1, -0.05) is 11.6 Å². The molecule has 5 heteroatoms. The molecule has 2 N–H and O–H groups in total. The maximum Gasteiger partial charge on any atom is 0.257 e. The summed E-state index contributed by atoms with van der Waals surface area (Å²) < 4.78 is 0. The lowest BCUT2D eigenvalue weighted by Crippen LogP contribution is -2.11. The van der Waals surface area contributed by atoms with E-state index in [0.29, 0.717) is 21.8 Å². The van der Waals surface area contributed by atoms with E-state index in [1.165, 1.54) is 0 Å². The Morgan fingerprint density at radius 1 is 1.19 bits per heavy atom. The number of hydrogen-bond donors (Lipinski definition) is 2. The molecule has 1 amide bonds. The highest BCUT2D eigenvalue weighted by Gasteiger charge is 2.12. The zero-order chi connectivity index (χ0) is 14.8. The van der Waals surface area contributed by atoms with Crippen molar-refractivity contribution in [1.82, 2.24) is 4.98 Å². The molecule has 0 atom stereocenters. The number of nitriles is 1. The molecular formula is C16H10ClN3O. The van der Waals surface area contributed by atoms with E-state index < -0.39 is 0 Å². The number of H-pyrrole nitrogens is 1. The zero-order valence-electron chi connectivity index (χ0n) is 10.9. The summed E-state index contributed by atoms with van der Waals surface area (Å²) >= 11 is 5.97. The van der Waals surface area contributed by atoms with Crippen molar-refractivity contribution in [3.05, 3.63) is 64.8 Å². The third-order valence-electron chi connectivity index (χ3n) is 3.16. The van der Waals surface area contributed by atoms with Crippen LogP contribution in [0.25, 0.3) is 10.9 Å². The van der Waals surface area contributed by atoms with Crippen LogP contribution < -0.4 is 5.32 Å². The molecule has 0 saturated heterocycles. The quantitative estimate of drug-likeness (QED) is 0.751. The summed E-state index contributed by atoms with van der Waals surface area (Å²) in [5.74, 6) is -0.228. The Morgan fingerprint density at radius 3 is 2.67 bits per heavy atom. The molecule has 102 valence electrons. The molecule has 0 aliphatic heterocycles. The van der Waals surface area contributed by atoms with Gasteiger partial charge in [0.25, 0.3) is 5.91 Å². The average molecular weight is 296 g/mol. The van der Waals surface area contributed by atoms with Crippen molar-refractivity contribution >= 4 is 34.1 Å². The van der Waals surface area contributed by atoms with E-state index in [0.717, 1.165) is 10.9 Å². The smallest absolute Gasteiger partial charge is 0.257 e. The molecule has 21 heavy (non-hydrogen) atoms. The van der Waals surface area contributed by atoms with Crippen LogP contribution in [0.3, 0.4) is 0 Å². The van der Waals surface area contributed by atoms with Gasteiger partial charge < -0.3 is 10.3 Å². The summed E-state index contributed by atoms with van der Waals surface area (Å²) in [5, 5.41) is 12.9. The van der Waals surface area contributed by atoms with Gasteiger partial charge >= 0.3 is 0 Å². The van der Waals surface area contributed by atoms with Gasteiger partial charge in [0.15, 0.2) is 0 Å². The van der Waals surface area contributed by atoms with Gasteiger partial charge in [-0.25, -0.2) is 0 Å². The van der Waals surface area contributed by atoms with Gasteiger partial charge in [0, 0.05) is 27.8 Å². The Balaban J connectivity index is 1.90. The van der Waals surface area contributed by atoms with Gasteiger partial charge in [0.05, 0.1) is 17.2 Å². The fourth-order valence-electron chi connectivity index (χ4n) is 2.11. The van der Waals surface area contributed by atoms with Crippen LogP contribution in [-0.4, -0.2) is 10.9 Å². The fourth-order valence-corrected chi connectivity index (χ4v) is 2.28. The first-order valence-electron chi connectivity index (χ1n) is 6.25. The number of anilines is 1.